The van der Waals surface area contributed by atoms with E-state index in [0.29, 0.717) is 0 Å². The average molecular weight is 334 g/mol. The van der Waals surface area contributed by atoms with Crippen LogP contribution >= 0.6 is 0 Å². The van der Waals surface area contributed by atoms with Crippen LogP contribution in [-0.4, -0.2) is 35.9 Å². The third kappa shape index (κ3) is 8.06. The van der Waals surface area contributed by atoms with Crippen molar-refractivity contribution in [2.45, 2.75) is 0 Å². The van der Waals surface area contributed by atoms with Crippen LogP contribution in [0.25, 0.3) is 11.4 Å². The number of nitrogens with zero attached hydrogens (tertiary/aromatic N) is 2. The van der Waals surface area contributed by atoms with Crippen molar-refractivity contribution in [1.82, 2.24) is 9.97 Å². The Balaban J connectivity index is 0.000000222. The summed E-state index contributed by atoms with van der Waals surface area (Å²) in [5.41, 5.74) is 1.83. The molecular weight excluding hydrogens is 324 g/mol. The molecule has 0 atom stereocenters. The highest BCUT2D eigenvalue weighted by Gasteiger charge is 2.15. The Morgan fingerprint density at radius 1 is 0.762 bits per heavy atom. The van der Waals surface area contributed by atoms with Crippen LogP contribution in [0, 0.1) is 0 Å². The van der Waals surface area contributed by atoms with E-state index in [1.165, 1.54) is 0 Å². The van der Waals surface area contributed by atoms with Gasteiger partial charge >= 0.3 is 20.8 Å². The van der Waals surface area contributed by atoms with Gasteiger partial charge in [0.05, 0.1) is 11.4 Å². The lowest BCUT2D eigenvalue weighted by atomic mass is 10.2. The van der Waals surface area contributed by atoms with Crippen LogP contribution in [0.5, 0.6) is 0 Å². The Morgan fingerprint density at radius 3 is 1.33 bits per heavy atom. The van der Waals surface area contributed by atoms with E-state index in [1.807, 2.05) is 36.4 Å². The molecule has 0 saturated carbocycles. The standard InChI is InChI=1S/C10H8N2.H2O7S2/c1-3-7-11-9(5-1)10-6-2-4-8-12-10;1-8(2,3)7-9(4,5)6/h1-8H;(H,1,2,3)(H,4,5,6). The van der Waals surface area contributed by atoms with E-state index < -0.39 is 20.8 Å². The number of aromatic nitrogens is 2. The first-order valence-electron chi connectivity index (χ1n) is 5.16. The van der Waals surface area contributed by atoms with Crippen LogP contribution in [0.2, 0.25) is 0 Å². The van der Waals surface area contributed by atoms with Crippen LogP contribution < -0.4 is 0 Å². The molecule has 2 aromatic heterocycles. The summed E-state index contributed by atoms with van der Waals surface area (Å²) in [6.45, 7) is 0. The summed E-state index contributed by atoms with van der Waals surface area (Å²) < 4.78 is 55.6. The SMILES string of the molecule is O=S(=O)(O)OS(=O)(=O)O.c1ccc(-c2ccccn2)nc1. The largest absolute Gasteiger partial charge is 0.413 e. The first-order valence-corrected chi connectivity index (χ1v) is 7.89. The van der Waals surface area contributed by atoms with Gasteiger partial charge in [-0.3, -0.25) is 19.1 Å². The zero-order valence-electron chi connectivity index (χ0n) is 10.3. The molecule has 11 heteroatoms. The zero-order chi connectivity index (χ0) is 15.9. The van der Waals surface area contributed by atoms with Crippen LogP contribution in [-0.2, 0) is 24.4 Å². The summed E-state index contributed by atoms with van der Waals surface area (Å²) in [5.74, 6) is 0. The molecule has 0 aliphatic carbocycles. The summed E-state index contributed by atoms with van der Waals surface area (Å²) in [5, 5.41) is 0. The summed E-state index contributed by atoms with van der Waals surface area (Å²) in [7, 11) is -10.2. The summed E-state index contributed by atoms with van der Waals surface area (Å²) >= 11 is 0. The molecule has 0 spiro atoms. The van der Waals surface area contributed by atoms with Crippen molar-refractivity contribution in [2.24, 2.45) is 0 Å². The Morgan fingerprint density at radius 2 is 1.14 bits per heavy atom. The normalized spacial score (nSPS) is 11.3. The summed E-state index contributed by atoms with van der Waals surface area (Å²) in [4.78, 5) is 8.37. The van der Waals surface area contributed by atoms with Gasteiger partial charge in [-0.25, -0.2) is 0 Å². The monoisotopic (exact) mass is 334 g/mol. The number of rotatable bonds is 3. The van der Waals surface area contributed by atoms with Crippen LogP contribution in [0.4, 0.5) is 0 Å². The maximum atomic E-state index is 9.44. The molecule has 21 heavy (non-hydrogen) atoms. The molecule has 0 saturated heterocycles. The fraction of sp³-hybridized carbons (Fsp3) is 0. The minimum absolute atomic E-state index is 0.915. The molecule has 0 radical (unpaired) electrons. The topological polar surface area (TPSA) is 144 Å². The predicted octanol–water partition coefficient (Wildman–Crippen LogP) is 0.752. The third-order valence-corrected chi connectivity index (χ3v) is 3.14. The van der Waals surface area contributed by atoms with Crippen molar-refractivity contribution < 1.29 is 29.6 Å². The molecule has 0 unspecified atom stereocenters. The molecule has 0 fully saturated rings. The molecule has 0 aliphatic rings. The van der Waals surface area contributed by atoms with Crippen LogP contribution in [0.1, 0.15) is 0 Å². The highest BCUT2D eigenvalue weighted by molar-refractivity contribution is 7.94. The van der Waals surface area contributed by atoms with E-state index >= 15 is 0 Å². The first-order chi connectivity index (χ1) is 9.67. The van der Waals surface area contributed by atoms with E-state index in [0.717, 1.165) is 11.4 Å². The molecule has 2 N–H and O–H groups in total. The quantitative estimate of drug-likeness (QED) is 0.777. The number of pyridine rings is 2. The predicted molar refractivity (Wildman–Crippen MR) is 71.7 cm³/mol. The van der Waals surface area contributed by atoms with Crippen molar-refractivity contribution >= 4 is 20.8 Å². The van der Waals surface area contributed by atoms with E-state index in [9.17, 15) is 16.8 Å². The number of hydrogen-bond donors (Lipinski definition) is 2. The molecule has 0 aliphatic heterocycles. The van der Waals surface area contributed by atoms with Gasteiger partial charge in [-0.15, -0.1) is 3.63 Å². The molecule has 2 heterocycles. The molecule has 2 rings (SSSR count). The second kappa shape index (κ2) is 7.19. The lowest BCUT2D eigenvalue weighted by molar-refractivity contribution is 0.344. The van der Waals surface area contributed by atoms with Gasteiger partial charge < -0.3 is 0 Å². The van der Waals surface area contributed by atoms with Crippen molar-refractivity contribution in [2.75, 3.05) is 0 Å². The Bertz CT molecular complexity index is 694. The van der Waals surface area contributed by atoms with Gasteiger partial charge in [-0.2, -0.15) is 16.8 Å². The Kier molecular flexibility index (Phi) is 5.87. The minimum atomic E-state index is -5.12. The second-order valence-corrected chi connectivity index (χ2v) is 5.61. The summed E-state index contributed by atoms with van der Waals surface area (Å²) in [6, 6.07) is 11.6. The molecule has 0 bridgehead atoms. The first kappa shape index (κ1) is 17.1. The van der Waals surface area contributed by atoms with E-state index in [-0.39, 0.29) is 0 Å². The van der Waals surface area contributed by atoms with Crippen LogP contribution in [0.15, 0.2) is 48.8 Å². The average Bonchev–Trinajstić information content (AvgIpc) is 2.37. The Labute approximate surface area is 121 Å². The van der Waals surface area contributed by atoms with E-state index in [2.05, 4.69) is 13.6 Å². The fourth-order valence-corrected chi connectivity index (χ4v) is 2.01. The van der Waals surface area contributed by atoms with Gasteiger partial charge in [-0.05, 0) is 24.3 Å². The number of hydrogen-bond acceptors (Lipinski definition) is 7. The van der Waals surface area contributed by atoms with Crippen molar-refractivity contribution in [1.29, 1.82) is 0 Å². The van der Waals surface area contributed by atoms with E-state index in [4.69, 9.17) is 9.11 Å². The van der Waals surface area contributed by atoms with Crippen molar-refractivity contribution in [3.05, 3.63) is 48.8 Å². The van der Waals surface area contributed by atoms with E-state index in [1.54, 1.807) is 12.4 Å². The molecule has 114 valence electrons. The lowest BCUT2D eigenvalue weighted by Gasteiger charge is -1.96. The van der Waals surface area contributed by atoms with Crippen molar-refractivity contribution in [3.63, 3.8) is 0 Å². The van der Waals surface area contributed by atoms with Gasteiger partial charge in [-0.1, -0.05) is 12.1 Å². The summed E-state index contributed by atoms with van der Waals surface area (Å²) in [6.07, 6.45) is 3.54. The Hall–Kier alpha value is -1.92. The van der Waals surface area contributed by atoms with Gasteiger partial charge in [0.1, 0.15) is 0 Å². The zero-order valence-corrected chi connectivity index (χ0v) is 11.9. The highest BCUT2D eigenvalue weighted by Crippen LogP contribution is 2.10. The third-order valence-electron chi connectivity index (χ3n) is 1.76. The lowest BCUT2D eigenvalue weighted by Crippen LogP contribution is -2.10. The van der Waals surface area contributed by atoms with Gasteiger partial charge in [0.2, 0.25) is 0 Å². The van der Waals surface area contributed by atoms with Crippen LogP contribution in [0.3, 0.4) is 0 Å². The smallest absolute Gasteiger partial charge is 0.263 e. The maximum absolute atomic E-state index is 9.44. The molecule has 9 nitrogen and oxygen atoms in total. The fourth-order valence-electron chi connectivity index (χ4n) is 1.14. The molecule has 0 aromatic carbocycles. The second-order valence-electron chi connectivity index (χ2n) is 3.35. The van der Waals surface area contributed by atoms with Gasteiger partial charge in [0.25, 0.3) is 0 Å². The maximum Gasteiger partial charge on any atom is 0.413 e. The highest BCUT2D eigenvalue weighted by atomic mass is 32.3. The molecule has 0 amide bonds. The van der Waals surface area contributed by atoms with Gasteiger partial charge in [0.15, 0.2) is 0 Å². The minimum Gasteiger partial charge on any atom is -0.263 e. The van der Waals surface area contributed by atoms with Crippen molar-refractivity contribution in [3.8, 4) is 11.4 Å². The van der Waals surface area contributed by atoms with Gasteiger partial charge in [0, 0.05) is 12.4 Å². The molecule has 2 aromatic rings. The molecular formula is C10H10N2O7S2.